The number of aromatic nitrogens is 4. The van der Waals surface area contributed by atoms with Gasteiger partial charge in [0, 0.05) is 18.0 Å². The number of nitrogen functional groups attached to an aromatic ring is 1. The van der Waals surface area contributed by atoms with Crippen LogP contribution in [0.3, 0.4) is 0 Å². The molecule has 3 N–H and O–H groups in total. The summed E-state index contributed by atoms with van der Waals surface area (Å²) in [5.41, 5.74) is 8.30. The maximum Gasteiger partial charge on any atom is 0.337 e. The molecule has 7 nitrogen and oxygen atoms in total. The fraction of sp³-hybridized carbons (Fsp3) is 0.0769. The van der Waals surface area contributed by atoms with E-state index >= 15 is 0 Å². The number of hydrogen-bond donors (Lipinski definition) is 2. The van der Waals surface area contributed by atoms with Crippen molar-refractivity contribution in [2.45, 2.75) is 6.92 Å². The van der Waals surface area contributed by atoms with Gasteiger partial charge in [-0.1, -0.05) is 0 Å². The molecule has 0 aliphatic rings. The molecule has 0 fully saturated rings. The van der Waals surface area contributed by atoms with Crippen LogP contribution in [0.5, 0.6) is 0 Å². The molecule has 0 saturated heterocycles. The molecule has 3 aromatic rings. The summed E-state index contributed by atoms with van der Waals surface area (Å²) in [6.45, 7) is 1.66. The Hall–Kier alpha value is -2.96. The van der Waals surface area contributed by atoms with E-state index in [1.807, 2.05) is 0 Å². The summed E-state index contributed by atoms with van der Waals surface area (Å²) in [5, 5.41) is 13.1. The van der Waals surface area contributed by atoms with Crippen molar-refractivity contribution in [2.75, 3.05) is 5.73 Å². The second-order valence-electron chi connectivity index (χ2n) is 4.35. The molecule has 3 heterocycles. The maximum absolute atomic E-state index is 11.1. The Morgan fingerprint density at radius 3 is 2.90 bits per heavy atom. The van der Waals surface area contributed by atoms with Gasteiger partial charge in [-0.15, -0.1) is 5.10 Å². The number of carboxylic acids is 1. The zero-order valence-corrected chi connectivity index (χ0v) is 10.6. The second kappa shape index (κ2) is 4.30. The van der Waals surface area contributed by atoms with Crippen LogP contribution in [-0.4, -0.2) is 30.7 Å². The molecule has 0 saturated carbocycles. The van der Waals surface area contributed by atoms with Crippen molar-refractivity contribution in [1.82, 2.24) is 19.6 Å². The minimum absolute atomic E-state index is 0.184. The van der Waals surface area contributed by atoms with Gasteiger partial charge in [0.1, 0.15) is 0 Å². The van der Waals surface area contributed by atoms with Gasteiger partial charge in [-0.3, -0.25) is 4.98 Å². The largest absolute Gasteiger partial charge is 0.478 e. The Kier molecular flexibility index (Phi) is 2.60. The zero-order chi connectivity index (χ0) is 14.3. The average Bonchev–Trinajstić information content (AvgIpc) is 2.78. The predicted octanol–water partition coefficient (Wildman–Crippen LogP) is 1.38. The Morgan fingerprint density at radius 2 is 2.15 bits per heavy atom. The van der Waals surface area contributed by atoms with E-state index in [9.17, 15) is 4.79 Å². The smallest absolute Gasteiger partial charge is 0.337 e. The van der Waals surface area contributed by atoms with Crippen LogP contribution in [0.15, 0.2) is 30.6 Å². The van der Waals surface area contributed by atoms with Gasteiger partial charge in [0.25, 0.3) is 0 Å². The van der Waals surface area contributed by atoms with Crippen molar-refractivity contribution in [3.63, 3.8) is 0 Å². The number of carbonyl (C=O) groups is 1. The Morgan fingerprint density at radius 1 is 1.35 bits per heavy atom. The fourth-order valence-corrected chi connectivity index (χ4v) is 1.99. The van der Waals surface area contributed by atoms with Gasteiger partial charge in [-0.05, 0) is 30.7 Å². The number of aromatic carboxylic acids is 1. The SMILES string of the molecule is Cc1ncc(-c2ccn3nc(N)nc3c2)cc1C(=O)O. The molecule has 100 valence electrons. The van der Waals surface area contributed by atoms with E-state index in [1.165, 1.54) is 0 Å². The first-order valence-corrected chi connectivity index (χ1v) is 5.87. The molecule has 20 heavy (non-hydrogen) atoms. The number of nitrogens with zero attached hydrogens (tertiary/aromatic N) is 4. The van der Waals surface area contributed by atoms with Crippen molar-refractivity contribution >= 4 is 17.6 Å². The van der Waals surface area contributed by atoms with Gasteiger partial charge in [-0.2, -0.15) is 4.98 Å². The summed E-state index contributed by atoms with van der Waals surface area (Å²) in [4.78, 5) is 19.3. The third-order valence-corrected chi connectivity index (χ3v) is 3.00. The zero-order valence-electron chi connectivity index (χ0n) is 10.6. The van der Waals surface area contributed by atoms with E-state index in [-0.39, 0.29) is 11.5 Å². The third-order valence-electron chi connectivity index (χ3n) is 3.00. The van der Waals surface area contributed by atoms with Crippen LogP contribution in [0.25, 0.3) is 16.8 Å². The van der Waals surface area contributed by atoms with Crippen molar-refractivity contribution in [3.05, 3.63) is 41.9 Å². The van der Waals surface area contributed by atoms with Gasteiger partial charge < -0.3 is 10.8 Å². The van der Waals surface area contributed by atoms with Crippen LogP contribution in [0.1, 0.15) is 16.1 Å². The van der Waals surface area contributed by atoms with Gasteiger partial charge in [0.15, 0.2) is 5.65 Å². The lowest BCUT2D eigenvalue weighted by Gasteiger charge is -2.05. The average molecular weight is 269 g/mol. The monoisotopic (exact) mass is 269 g/mol. The Bertz CT molecular complexity index is 825. The van der Waals surface area contributed by atoms with E-state index < -0.39 is 5.97 Å². The number of nitrogens with two attached hydrogens (primary N) is 1. The van der Waals surface area contributed by atoms with Crippen LogP contribution in [0, 0.1) is 6.92 Å². The summed E-state index contributed by atoms with van der Waals surface area (Å²) < 4.78 is 1.55. The number of fused-ring (bicyclic) bond motifs is 1. The highest BCUT2D eigenvalue weighted by Crippen LogP contribution is 2.22. The predicted molar refractivity (Wildman–Crippen MR) is 72.3 cm³/mol. The lowest BCUT2D eigenvalue weighted by molar-refractivity contribution is 0.0695. The third kappa shape index (κ3) is 1.95. The molecule has 0 atom stereocenters. The summed E-state index contributed by atoms with van der Waals surface area (Å²) in [6, 6.07) is 5.18. The number of rotatable bonds is 2. The normalized spacial score (nSPS) is 10.8. The van der Waals surface area contributed by atoms with E-state index in [0.717, 1.165) is 5.56 Å². The number of carboxylic acid groups (broad SMARTS) is 1. The number of hydrogen-bond acceptors (Lipinski definition) is 5. The van der Waals surface area contributed by atoms with Gasteiger partial charge in [0.2, 0.25) is 5.95 Å². The van der Waals surface area contributed by atoms with Crippen LogP contribution >= 0.6 is 0 Å². The molecule has 0 aliphatic heterocycles. The van der Waals surface area contributed by atoms with Crippen molar-refractivity contribution in [1.29, 1.82) is 0 Å². The van der Waals surface area contributed by atoms with E-state index in [0.29, 0.717) is 16.9 Å². The number of aryl methyl sites for hydroxylation is 1. The first kappa shape index (κ1) is 12.1. The van der Waals surface area contributed by atoms with Crippen molar-refractivity contribution in [2.24, 2.45) is 0 Å². The molecule has 0 aliphatic carbocycles. The topological polar surface area (TPSA) is 106 Å². The first-order valence-electron chi connectivity index (χ1n) is 5.87. The molecule has 7 heteroatoms. The minimum atomic E-state index is -0.996. The van der Waals surface area contributed by atoms with Gasteiger partial charge in [-0.25, -0.2) is 9.31 Å². The molecular weight excluding hydrogens is 258 g/mol. The van der Waals surface area contributed by atoms with Crippen LogP contribution in [-0.2, 0) is 0 Å². The van der Waals surface area contributed by atoms with Gasteiger partial charge in [0.05, 0.1) is 11.3 Å². The lowest BCUT2D eigenvalue weighted by atomic mass is 10.1. The second-order valence-corrected chi connectivity index (χ2v) is 4.35. The van der Waals surface area contributed by atoms with E-state index in [4.69, 9.17) is 10.8 Å². The Balaban J connectivity index is 2.14. The van der Waals surface area contributed by atoms with Crippen LogP contribution in [0.2, 0.25) is 0 Å². The van der Waals surface area contributed by atoms with Crippen LogP contribution < -0.4 is 5.73 Å². The highest BCUT2D eigenvalue weighted by atomic mass is 16.4. The standard InChI is InChI=1S/C13H11N5O2/c1-7-10(12(19)20)4-9(6-15-7)8-2-3-18-11(5-8)16-13(14)17-18/h2-6H,1H3,(H2,14,17)(H,19,20). The summed E-state index contributed by atoms with van der Waals surface area (Å²) in [6.07, 6.45) is 3.35. The molecular formula is C13H11N5O2. The maximum atomic E-state index is 11.1. The summed E-state index contributed by atoms with van der Waals surface area (Å²) in [5.74, 6) is -0.806. The quantitative estimate of drug-likeness (QED) is 0.727. The molecule has 0 bridgehead atoms. The van der Waals surface area contributed by atoms with Crippen LogP contribution in [0.4, 0.5) is 5.95 Å². The fourth-order valence-electron chi connectivity index (χ4n) is 1.99. The number of anilines is 1. The van der Waals surface area contributed by atoms with E-state index in [1.54, 1.807) is 42.0 Å². The molecule has 0 amide bonds. The molecule has 0 unspecified atom stereocenters. The lowest BCUT2D eigenvalue weighted by Crippen LogP contribution is -2.02. The molecule has 3 aromatic heterocycles. The molecule has 0 spiro atoms. The van der Waals surface area contributed by atoms with Crippen molar-refractivity contribution < 1.29 is 9.90 Å². The molecule has 0 radical (unpaired) electrons. The first-order chi connectivity index (χ1) is 9.54. The number of pyridine rings is 2. The highest BCUT2D eigenvalue weighted by Gasteiger charge is 2.11. The molecule has 3 rings (SSSR count). The minimum Gasteiger partial charge on any atom is -0.478 e. The highest BCUT2D eigenvalue weighted by molar-refractivity contribution is 5.90. The van der Waals surface area contributed by atoms with Gasteiger partial charge >= 0.3 is 5.97 Å². The summed E-state index contributed by atoms with van der Waals surface area (Å²) in [7, 11) is 0. The Labute approximate surface area is 113 Å². The molecule has 0 aromatic carbocycles. The van der Waals surface area contributed by atoms with E-state index in [2.05, 4.69) is 15.1 Å². The van der Waals surface area contributed by atoms with Crippen molar-refractivity contribution in [3.8, 4) is 11.1 Å². The summed E-state index contributed by atoms with van der Waals surface area (Å²) >= 11 is 0.